The Morgan fingerprint density at radius 2 is 1.98 bits per heavy atom. The molecule has 1 N–H and O–H groups in total. The normalized spacial score (nSPS) is 12.2. The number of thiocarbonyl (C=S) groups is 1. The van der Waals surface area contributed by atoms with E-state index < -0.39 is 51.4 Å². The minimum absolute atomic E-state index is 0.0834. The Morgan fingerprint density at radius 3 is 2.60 bits per heavy atom. The molecule has 206 valence electrons. The van der Waals surface area contributed by atoms with Crippen LogP contribution in [0.2, 0.25) is 0 Å². The third-order valence-electron chi connectivity index (χ3n) is 6.31. The average Bonchev–Trinajstić information content (AvgIpc) is 2.91. The van der Waals surface area contributed by atoms with E-state index in [1.54, 1.807) is 19.9 Å². The molecule has 0 radical (unpaired) electrons. The molecule has 40 heavy (non-hydrogen) atoms. The monoisotopic (exact) mass is 568 g/mol. The summed E-state index contributed by atoms with van der Waals surface area (Å²) in [5.74, 6) is -6.47. The maximum atomic E-state index is 15.4. The minimum Gasteiger partial charge on any atom is -0.367 e. The van der Waals surface area contributed by atoms with Crippen molar-refractivity contribution in [2.75, 3.05) is 5.32 Å². The molecule has 12 heteroatoms. The molecule has 2 heterocycles. The molecule has 7 nitrogen and oxygen atoms in total. The number of nitrogens with zero attached hydrogens (tertiary/aromatic N) is 5. The zero-order chi connectivity index (χ0) is 29.8. The average molecular weight is 569 g/mol. The number of aromatic nitrogens is 2. The molecule has 0 fully saturated rings. The molecule has 0 aliphatic rings. The van der Waals surface area contributed by atoms with Crippen LogP contribution in [-0.4, -0.2) is 20.1 Å². The number of aryl methyl sites for hydroxylation is 1. The molecule has 0 spiro atoms. The Balaban J connectivity index is 1.80. The molecule has 0 aliphatic heterocycles. The number of hydrogen-bond acceptors (Lipinski definition) is 7. The summed E-state index contributed by atoms with van der Waals surface area (Å²) in [5, 5.41) is 23.3. The van der Waals surface area contributed by atoms with Gasteiger partial charge in [-0.3, -0.25) is 9.20 Å². The van der Waals surface area contributed by atoms with Gasteiger partial charge in [0.05, 0.1) is 39.9 Å². The molecule has 0 saturated carbocycles. The van der Waals surface area contributed by atoms with E-state index in [-0.39, 0.29) is 41.9 Å². The Hall–Kier alpha value is -4.38. The number of pyridine rings is 1. The zero-order valence-corrected chi connectivity index (χ0v) is 22.7. The molecule has 0 unspecified atom stereocenters. The van der Waals surface area contributed by atoms with Gasteiger partial charge < -0.3 is 5.32 Å². The highest BCUT2D eigenvalue weighted by Crippen LogP contribution is 2.42. The molecular weight excluding hydrogens is 544 g/mol. The largest absolute Gasteiger partial charge is 0.367 e. The number of allylic oxidation sites excluding steroid dienone is 1. The van der Waals surface area contributed by atoms with Crippen molar-refractivity contribution in [3.05, 3.63) is 81.4 Å². The molecule has 2 aromatic heterocycles. The summed E-state index contributed by atoms with van der Waals surface area (Å²) in [4.78, 5) is 20.3. The van der Waals surface area contributed by atoms with Crippen molar-refractivity contribution in [1.29, 1.82) is 10.5 Å². The Morgan fingerprint density at radius 1 is 1.27 bits per heavy atom. The lowest BCUT2D eigenvalue weighted by atomic mass is 9.87. The molecule has 3 aromatic rings. The first-order valence-electron chi connectivity index (χ1n) is 12.0. The first kappa shape index (κ1) is 30.2. The summed E-state index contributed by atoms with van der Waals surface area (Å²) in [6.07, 6.45) is 1.28. The number of hydrogen-bond donors (Lipinski definition) is 1. The number of fused-ring (bicyclic) bond motifs is 1. The quantitative estimate of drug-likeness (QED) is 0.128. The summed E-state index contributed by atoms with van der Waals surface area (Å²) in [7, 11) is 0. The number of isothiocyanates is 1. The lowest BCUT2D eigenvalue weighted by Gasteiger charge is -2.25. The number of halogens is 4. The van der Waals surface area contributed by atoms with Crippen molar-refractivity contribution in [1.82, 2.24) is 9.38 Å². The van der Waals surface area contributed by atoms with Crippen LogP contribution in [0, 0.1) is 40.2 Å². The van der Waals surface area contributed by atoms with Gasteiger partial charge in [0.25, 0.3) is 11.5 Å². The molecule has 0 saturated heterocycles. The van der Waals surface area contributed by atoms with Crippen molar-refractivity contribution in [3.63, 3.8) is 0 Å². The molecule has 0 bridgehead atoms. The fourth-order valence-electron chi connectivity index (χ4n) is 4.09. The fraction of sp³-hybridized carbons (Fsp3) is 0.321. The molecule has 3 rings (SSSR count). The summed E-state index contributed by atoms with van der Waals surface area (Å²) in [5.41, 5.74) is -4.02. The molecular formula is C28H24F4N6OS. The number of benzene rings is 1. The zero-order valence-electron chi connectivity index (χ0n) is 21.9. The maximum Gasteiger partial charge on any atom is 0.295 e. The van der Waals surface area contributed by atoms with E-state index in [1.807, 2.05) is 6.07 Å². The summed E-state index contributed by atoms with van der Waals surface area (Å²) >= 11 is 4.52. The fourth-order valence-corrected chi connectivity index (χ4v) is 4.19. The topological polar surface area (TPSA) is 106 Å². The molecule has 1 atom stereocenters. The van der Waals surface area contributed by atoms with Crippen LogP contribution in [0.25, 0.3) is 5.65 Å². The second-order valence-corrected chi connectivity index (χ2v) is 9.93. The first-order valence-corrected chi connectivity index (χ1v) is 12.5. The Bertz CT molecular complexity index is 1680. The summed E-state index contributed by atoms with van der Waals surface area (Å²) < 4.78 is 61.2. The summed E-state index contributed by atoms with van der Waals surface area (Å²) in [6, 6.07) is 8.38. The predicted molar refractivity (Wildman–Crippen MR) is 146 cm³/mol. The van der Waals surface area contributed by atoms with Crippen LogP contribution in [0.1, 0.15) is 50.4 Å². The van der Waals surface area contributed by atoms with Gasteiger partial charge in [-0.2, -0.15) is 28.7 Å². The molecule has 0 amide bonds. The SMILES string of the molecule is C=C([C@@H](C)CCCc1nc2c(F)cc(NC(C)(C)C#N)cn2c(=O)c1F)C(F)(F)c1cc(N=C=S)ccc1C#N. The maximum absolute atomic E-state index is 15.4. The first-order chi connectivity index (χ1) is 18.7. The minimum atomic E-state index is -3.59. The molecule has 1 aromatic carbocycles. The van der Waals surface area contributed by atoms with Gasteiger partial charge in [-0.1, -0.05) is 13.5 Å². The number of rotatable bonds is 10. The van der Waals surface area contributed by atoms with Crippen molar-refractivity contribution in [2.45, 2.75) is 51.5 Å². The van der Waals surface area contributed by atoms with E-state index in [0.717, 1.165) is 18.3 Å². The van der Waals surface area contributed by atoms with Crippen LogP contribution in [0.15, 0.2) is 52.4 Å². The van der Waals surface area contributed by atoms with Gasteiger partial charge in [0.15, 0.2) is 11.5 Å². The van der Waals surface area contributed by atoms with Crippen LogP contribution >= 0.6 is 12.2 Å². The van der Waals surface area contributed by atoms with E-state index in [9.17, 15) is 18.8 Å². The second kappa shape index (κ2) is 11.8. The van der Waals surface area contributed by atoms with Crippen LogP contribution in [0.5, 0.6) is 0 Å². The highest BCUT2D eigenvalue weighted by Gasteiger charge is 2.39. The standard InChI is InChI=1S/C28H24F4N6OS/c1-16(17(2)28(31,32)21-10-19(35-15-40)9-8-18(21)12-33)6-5-7-23-24(30)26(39)38-13-20(37-27(3,4)14-34)11-22(29)25(38)36-23/h8-11,13,16,37H,2,5-7H2,1,3-4H3/t16-/m0/s1. The number of nitrogens with one attached hydrogen (secondary N) is 1. The van der Waals surface area contributed by atoms with E-state index >= 15 is 8.78 Å². The van der Waals surface area contributed by atoms with Crippen LogP contribution in [0.4, 0.5) is 28.9 Å². The third kappa shape index (κ3) is 6.26. The van der Waals surface area contributed by atoms with Gasteiger partial charge in [-0.05, 0) is 75.0 Å². The van der Waals surface area contributed by atoms with E-state index in [0.29, 0.717) is 4.40 Å². The molecule has 0 aliphatic carbocycles. The van der Waals surface area contributed by atoms with Crippen LogP contribution < -0.4 is 10.9 Å². The van der Waals surface area contributed by atoms with Crippen molar-refractivity contribution < 1.29 is 17.6 Å². The Kier molecular flexibility index (Phi) is 8.89. The lowest BCUT2D eigenvalue weighted by Crippen LogP contribution is -2.29. The third-order valence-corrected chi connectivity index (χ3v) is 6.41. The van der Waals surface area contributed by atoms with E-state index in [2.05, 4.69) is 39.3 Å². The van der Waals surface area contributed by atoms with E-state index in [1.165, 1.54) is 19.1 Å². The van der Waals surface area contributed by atoms with Gasteiger partial charge >= 0.3 is 0 Å². The summed E-state index contributed by atoms with van der Waals surface area (Å²) in [6.45, 7) is 8.15. The van der Waals surface area contributed by atoms with Crippen molar-refractivity contribution in [2.24, 2.45) is 10.9 Å². The number of nitriles is 2. The van der Waals surface area contributed by atoms with Gasteiger partial charge in [0.2, 0.25) is 5.82 Å². The number of alkyl halides is 2. The number of aliphatic imine (C=N–C) groups is 1. The van der Waals surface area contributed by atoms with Crippen LogP contribution in [-0.2, 0) is 12.3 Å². The highest BCUT2D eigenvalue weighted by molar-refractivity contribution is 7.78. The van der Waals surface area contributed by atoms with Crippen molar-refractivity contribution >= 4 is 34.4 Å². The number of anilines is 1. The predicted octanol–water partition coefficient (Wildman–Crippen LogP) is 6.60. The van der Waals surface area contributed by atoms with Crippen LogP contribution in [0.3, 0.4) is 0 Å². The highest BCUT2D eigenvalue weighted by atomic mass is 32.1. The Labute approximate surface area is 233 Å². The van der Waals surface area contributed by atoms with E-state index in [4.69, 9.17) is 5.26 Å². The second-order valence-electron chi connectivity index (χ2n) is 9.75. The van der Waals surface area contributed by atoms with Gasteiger partial charge in [-0.15, -0.1) is 0 Å². The lowest BCUT2D eigenvalue weighted by molar-refractivity contribution is 0.0272. The van der Waals surface area contributed by atoms with Gasteiger partial charge in [0, 0.05) is 17.8 Å². The van der Waals surface area contributed by atoms with Gasteiger partial charge in [0.1, 0.15) is 5.54 Å². The van der Waals surface area contributed by atoms with Crippen molar-refractivity contribution in [3.8, 4) is 12.1 Å². The smallest absolute Gasteiger partial charge is 0.295 e. The van der Waals surface area contributed by atoms with Gasteiger partial charge in [-0.25, -0.2) is 9.37 Å².